The highest BCUT2D eigenvalue weighted by Crippen LogP contribution is 2.46. The van der Waals surface area contributed by atoms with Gasteiger partial charge in [0.2, 0.25) is 11.8 Å². The molecule has 2 saturated carbocycles. The number of carbonyl (C=O) groups is 1. The van der Waals surface area contributed by atoms with Gasteiger partial charge in [-0.2, -0.15) is 18.3 Å². The molecule has 0 saturated heterocycles. The quantitative estimate of drug-likeness (QED) is 0.569. The standard InChI is InChI=1S/C21H26F5N5O2/c22-20(23)5-3-12(4-6-20)17(27)14-9-31-15(30-14)7-13(8-29-31)16(11-1-2-11)18(19(28)32)33-10-21(24,25)26/h7-9,11-12,16-18H,1-6,10,27H2,(H2,28,32)/t16-,17+,18?/m1/s1. The van der Waals surface area contributed by atoms with Crippen LogP contribution in [0.15, 0.2) is 18.5 Å². The van der Waals surface area contributed by atoms with Crippen molar-refractivity contribution in [2.24, 2.45) is 23.3 Å². The van der Waals surface area contributed by atoms with Crippen molar-refractivity contribution in [2.75, 3.05) is 6.61 Å². The molecule has 4 rings (SSSR count). The lowest BCUT2D eigenvalue weighted by molar-refractivity contribution is -0.189. The van der Waals surface area contributed by atoms with E-state index in [-0.39, 0.29) is 24.7 Å². The van der Waals surface area contributed by atoms with Crippen LogP contribution in [0.2, 0.25) is 0 Å². The van der Waals surface area contributed by atoms with Gasteiger partial charge in [0, 0.05) is 18.8 Å². The van der Waals surface area contributed by atoms with Gasteiger partial charge in [-0.1, -0.05) is 0 Å². The average molecular weight is 475 g/mol. The van der Waals surface area contributed by atoms with E-state index in [1.165, 1.54) is 10.7 Å². The normalized spacial score (nSPS) is 22.2. The monoisotopic (exact) mass is 475 g/mol. The highest BCUT2D eigenvalue weighted by molar-refractivity contribution is 5.80. The lowest BCUT2D eigenvalue weighted by Crippen LogP contribution is -2.39. The molecule has 4 N–H and O–H groups in total. The summed E-state index contributed by atoms with van der Waals surface area (Å²) in [6.07, 6.45) is -1.35. The molecule has 0 aromatic carbocycles. The highest BCUT2D eigenvalue weighted by Gasteiger charge is 2.43. The molecule has 1 amide bonds. The molecule has 12 heteroatoms. The fourth-order valence-corrected chi connectivity index (χ4v) is 4.61. The Hall–Kier alpha value is -2.34. The Morgan fingerprint density at radius 1 is 1.21 bits per heavy atom. The van der Waals surface area contributed by atoms with Crippen LogP contribution >= 0.6 is 0 Å². The van der Waals surface area contributed by atoms with Gasteiger partial charge in [-0.15, -0.1) is 0 Å². The summed E-state index contributed by atoms with van der Waals surface area (Å²) in [5.41, 5.74) is 13.1. The molecule has 2 aromatic rings. The number of halogens is 5. The van der Waals surface area contributed by atoms with E-state index in [2.05, 4.69) is 10.1 Å². The zero-order chi connectivity index (χ0) is 24.0. The maximum absolute atomic E-state index is 13.5. The molecule has 0 aliphatic heterocycles. The molecule has 2 heterocycles. The van der Waals surface area contributed by atoms with Gasteiger partial charge in [-0.3, -0.25) is 4.79 Å². The van der Waals surface area contributed by atoms with Crippen molar-refractivity contribution in [1.29, 1.82) is 0 Å². The maximum Gasteiger partial charge on any atom is 0.411 e. The van der Waals surface area contributed by atoms with Gasteiger partial charge in [0.25, 0.3) is 0 Å². The first kappa shape index (κ1) is 23.8. The molecular formula is C21H26F5N5O2. The van der Waals surface area contributed by atoms with Crippen molar-refractivity contribution >= 4 is 11.6 Å². The fraction of sp³-hybridized carbons (Fsp3) is 0.667. The predicted molar refractivity (Wildman–Crippen MR) is 107 cm³/mol. The smallest absolute Gasteiger partial charge is 0.367 e. The largest absolute Gasteiger partial charge is 0.411 e. The minimum atomic E-state index is -4.60. The average Bonchev–Trinajstić information content (AvgIpc) is 3.46. The minimum Gasteiger partial charge on any atom is -0.367 e. The molecule has 0 spiro atoms. The number of aromatic nitrogens is 3. The number of rotatable bonds is 8. The number of imidazole rings is 1. The van der Waals surface area contributed by atoms with Crippen LogP contribution < -0.4 is 11.5 Å². The van der Waals surface area contributed by atoms with Gasteiger partial charge in [0.05, 0.1) is 24.1 Å². The van der Waals surface area contributed by atoms with Crippen LogP contribution in [0.3, 0.4) is 0 Å². The highest BCUT2D eigenvalue weighted by atomic mass is 19.4. The molecule has 182 valence electrons. The molecule has 2 aliphatic carbocycles. The molecule has 33 heavy (non-hydrogen) atoms. The van der Waals surface area contributed by atoms with Crippen LogP contribution in [0.1, 0.15) is 61.7 Å². The number of nitrogens with zero attached hydrogens (tertiary/aromatic N) is 3. The molecular weight excluding hydrogens is 449 g/mol. The van der Waals surface area contributed by atoms with Crippen LogP contribution in [-0.2, 0) is 9.53 Å². The number of hydrogen-bond acceptors (Lipinski definition) is 5. The molecule has 2 aromatic heterocycles. The topological polar surface area (TPSA) is 109 Å². The molecule has 2 fully saturated rings. The van der Waals surface area contributed by atoms with Crippen molar-refractivity contribution in [3.63, 3.8) is 0 Å². The first-order valence-electron chi connectivity index (χ1n) is 10.9. The zero-order valence-corrected chi connectivity index (χ0v) is 17.8. The summed E-state index contributed by atoms with van der Waals surface area (Å²) in [5.74, 6) is -4.51. The second kappa shape index (κ2) is 8.79. The Morgan fingerprint density at radius 2 is 1.88 bits per heavy atom. The third-order valence-corrected chi connectivity index (χ3v) is 6.52. The Balaban J connectivity index is 1.56. The minimum absolute atomic E-state index is 0.0550. The van der Waals surface area contributed by atoms with Crippen LogP contribution in [0, 0.1) is 11.8 Å². The summed E-state index contributed by atoms with van der Waals surface area (Å²) in [7, 11) is 0. The number of hydrogen-bond donors (Lipinski definition) is 2. The molecule has 3 atom stereocenters. The lowest BCUT2D eigenvalue weighted by atomic mass is 9.81. The van der Waals surface area contributed by atoms with E-state index in [1.54, 1.807) is 12.3 Å². The maximum atomic E-state index is 13.5. The lowest BCUT2D eigenvalue weighted by Gasteiger charge is -2.31. The van der Waals surface area contributed by atoms with Gasteiger partial charge >= 0.3 is 6.18 Å². The van der Waals surface area contributed by atoms with E-state index < -0.39 is 42.7 Å². The third-order valence-electron chi connectivity index (χ3n) is 6.52. The van der Waals surface area contributed by atoms with Crippen molar-refractivity contribution in [2.45, 2.75) is 68.7 Å². The van der Waals surface area contributed by atoms with Crippen LogP contribution in [-0.4, -0.2) is 45.3 Å². The van der Waals surface area contributed by atoms with Gasteiger partial charge in [-0.25, -0.2) is 18.3 Å². The van der Waals surface area contributed by atoms with Gasteiger partial charge < -0.3 is 16.2 Å². The summed E-state index contributed by atoms with van der Waals surface area (Å²) in [6, 6.07) is 1.09. The predicted octanol–water partition coefficient (Wildman–Crippen LogP) is 3.48. The molecule has 1 unspecified atom stereocenters. The SMILES string of the molecule is NC(=O)C(OCC(F)(F)F)[C@@H](c1cnn2cc([C@@H](N)C3CCC(F)(F)CC3)nc2c1)C1CC1. The number of amides is 1. The number of alkyl halides is 5. The fourth-order valence-electron chi connectivity index (χ4n) is 4.61. The zero-order valence-electron chi connectivity index (χ0n) is 17.8. The number of primary amides is 1. The van der Waals surface area contributed by atoms with Crippen LogP contribution in [0.4, 0.5) is 22.0 Å². The Labute approximate surface area is 186 Å². The summed E-state index contributed by atoms with van der Waals surface area (Å²) < 4.78 is 71.4. The number of nitrogens with two attached hydrogens (primary N) is 2. The van der Waals surface area contributed by atoms with Crippen molar-refractivity contribution in [1.82, 2.24) is 14.6 Å². The first-order chi connectivity index (χ1) is 15.4. The Bertz CT molecular complexity index is 997. The van der Waals surface area contributed by atoms with Crippen molar-refractivity contribution < 1.29 is 31.5 Å². The van der Waals surface area contributed by atoms with Crippen molar-refractivity contribution in [3.8, 4) is 0 Å². The van der Waals surface area contributed by atoms with E-state index in [0.717, 1.165) is 12.8 Å². The van der Waals surface area contributed by atoms with Crippen LogP contribution in [0.25, 0.3) is 5.65 Å². The second-order valence-electron chi connectivity index (χ2n) is 9.09. The first-order valence-corrected chi connectivity index (χ1v) is 10.9. The summed E-state index contributed by atoms with van der Waals surface area (Å²) in [5, 5.41) is 4.28. The number of fused-ring (bicyclic) bond motifs is 1. The second-order valence-corrected chi connectivity index (χ2v) is 9.09. The molecule has 0 bridgehead atoms. The Kier molecular flexibility index (Phi) is 6.34. The number of ether oxygens (including phenoxy) is 1. The Morgan fingerprint density at radius 3 is 2.45 bits per heavy atom. The molecule has 2 aliphatic rings. The van der Waals surface area contributed by atoms with Gasteiger partial charge in [0.1, 0.15) is 12.7 Å². The summed E-state index contributed by atoms with van der Waals surface area (Å²) in [6.45, 7) is -1.58. The third kappa shape index (κ3) is 5.60. The van der Waals surface area contributed by atoms with E-state index in [4.69, 9.17) is 16.2 Å². The summed E-state index contributed by atoms with van der Waals surface area (Å²) in [4.78, 5) is 16.4. The van der Waals surface area contributed by atoms with Crippen molar-refractivity contribution in [3.05, 3.63) is 29.7 Å². The van der Waals surface area contributed by atoms with Gasteiger partial charge in [0.15, 0.2) is 5.65 Å². The molecule has 7 nitrogen and oxygen atoms in total. The van der Waals surface area contributed by atoms with Gasteiger partial charge in [-0.05, 0) is 49.1 Å². The summed E-state index contributed by atoms with van der Waals surface area (Å²) >= 11 is 0. The van der Waals surface area contributed by atoms with E-state index in [1.807, 2.05) is 0 Å². The van der Waals surface area contributed by atoms with E-state index in [0.29, 0.717) is 29.7 Å². The van der Waals surface area contributed by atoms with Crippen LogP contribution in [0.5, 0.6) is 0 Å². The number of carbonyl (C=O) groups excluding carboxylic acids is 1. The van der Waals surface area contributed by atoms with E-state index >= 15 is 0 Å². The molecule has 0 radical (unpaired) electrons. The van der Waals surface area contributed by atoms with E-state index in [9.17, 15) is 26.7 Å².